The average Bonchev–Trinajstić information content (AvgIpc) is 3.12. The van der Waals surface area contributed by atoms with E-state index in [1.807, 2.05) is 45.0 Å². The first-order valence-electron chi connectivity index (χ1n) is 9.76. The molecule has 30 heavy (non-hydrogen) atoms. The summed E-state index contributed by atoms with van der Waals surface area (Å²) in [5.41, 5.74) is 2.26. The predicted octanol–water partition coefficient (Wildman–Crippen LogP) is 5.15. The molecule has 1 aromatic heterocycles. The number of hydrogen-bond donors (Lipinski definition) is 1. The molecule has 156 valence electrons. The van der Waals surface area contributed by atoms with Gasteiger partial charge in [-0.25, -0.2) is 8.42 Å². The second-order valence-corrected chi connectivity index (χ2v) is 10.5. The summed E-state index contributed by atoms with van der Waals surface area (Å²) in [5.74, 6) is 0.260. The maximum absolute atomic E-state index is 13.3. The second-order valence-electron chi connectivity index (χ2n) is 7.67. The molecule has 2 heterocycles. The highest BCUT2D eigenvalue weighted by molar-refractivity contribution is 7.91. The van der Waals surface area contributed by atoms with Crippen LogP contribution in [-0.2, 0) is 14.6 Å². The lowest BCUT2D eigenvalue weighted by Crippen LogP contribution is -2.24. The number of sulfone groups is 1. The molecule has 5 nitrogen and oxygen atoms in total. The number of nitrogens with one attached hydrogen (secondary N) is 1. The van der Waals surface area contributed by atoms with Crippen molar-refractivity contribution < 1.29 is 17.9 Å². The number of carbonyl (C=O) groups is 1. The van der Waals surface area contributed by atoms with Gasteiger partial charge in [-0.15, -0.1) is 11.3 Å². The Hall–Kier alpha value is -2.64. The van der Waals surface area contributed by atoms with Gasteiger partial charge in [0.2, 0.25) is 15.7 Å². The molecule has 1 aliphatic heterocycles. The van der Waals surface area contributed by atoms with Crippen LogP contribution in [0, 0.1) is 6.92 Å². The summed E-state index contributed by atoms with van der Waals surface area (Å²) in [6, 6.07) is 14.4. The molecule has 4 rings (SSSR count). The van der Waals surface area contributed by atoms with Gasteiger partial charge in [-0.05, 0) is 39.0 Å². The van der Waals surface area contributed by atoms with Crippen molar-refractivity contribution in [3.05, 3.63) is 69.9 Å². The smallest absolute Gasteiger partial charge is 0.225 e. The summed E-state index contributed by atoms with van der Waals surface area (Å²) in [5, 5.41) is 4.44. The zero-order chi connectivity index (χ0) is 21.5. The number of hydrogen-bond acceptors (Lipinski definition) is 5. The third-order valence-corrected chi connectivity index (χ3v) is 8.07. The highest BCUT2D eigenvalue weighted by Gasteiger charge is 2.35. The lowest BCUT2D eigenvalue weighted by molar-refractivity contribution is -0.116. The molecule has 0 saturated heterocycles. The van der Waals surface area contributed by atoms with Gasteiger partial charge in [0.15, 0.2) is 0 Å². The zero-order valence-corrected chi connectivity index (χ0v) is 18.6. The molecule has 1 amide bonds. The van der Waals surface area contributed by atoms with E-state index in [1.54, 1.807) is 29.6 Å². The standard InChI is InChI=1S/C23H23NO4S2/c1-14(2)28-19-7-5-4-6-17(19)18-12-21(25)24-22-20(13-29-23(18)22)30(26,27)16-10-8-15(3)9-11-16/h4-11,13-14,18H,12H2,1-3H3,(H,24,25). The topological polar surface area (TPSA) is 72.5 Å². The van der Waals surface area contributed by atoms with Crippen LogP contribution in [0.15, 0.2) is 63.7 Å². The number of rotatable bonds is 5. The number of fused-ring (bicyclic) bond motifs is 1. The number of ether oxygens (including phenoxy) is 1. The molecule has 7 heteroatoms. The van der Waals surface area contributed by atoms with Crippen molar-refractivity contribution >= 4 is 32.8 Å². The van der Waals surface area contributed by atoms with E-state index >= 15 is 0 Å². The molecule has 0 bridgehead atoms. The van der Waals surface area contributed by atoms with Crippen LogP contribution in [0.3, 0.4) is 0 Å². The molecule has 1 aliphatic rings. The summed E-state index contributed by atoms with van der Waals surface area (Å²) in [6.45, 7) is 5.81. The summed E-state index contributed by atoms with van der Waals surface area (Å²) in [7, 11) is -3.75. The molecule has 2 aromatic carbocycles. The normalized spacial score (nSPS) is 16.3. The van der Waals surface area contributed by atoms with Gasteiger partial charge in [-0.2, -0.15) is 0 Å². The Kier molecular flexibility index (Phi) is 5.42. The van der Waals surface area contributed by atoms with Crippen molar-refractivity contribution in [3.8, 4) is 5.75 Å². The van der Waals surface area contributed by atoms with Gasteiger partial charge in [0.25, 0.3) is 0 Å². The molecule has 0 saturated carbocycles. The van der Waals surface area contributed by atoms with Crippen molar-refractivity contribution in [2.24, 2.45) is 0 Å². The van der Waals surface area contributed by atoms with Crippen molar-refractivity contribution in [3.63, 3.8) is 0 Å². The SMILES string of the molecule is Cc1ccc(S(=O)(=O)c2csc3c2NC(=O)CC3c2ccccc2OC(C)C)cc1. The van der Waals surface area contributed by atoms with Gasteiger partial charge in [-0.3, -0.25) is 4.79 Å². The van der Waals surface area contributed by atoms with Crippen molar-refractivity contribution in [2.45, 2.75) is 49.0 Å². The molecule has 0 fully saturated rings. The van der Waals surface area contributed by atoms with Gasteiger partial charge in [0.1, 0.15) is 10.6 Å². The number of anilines is 1. The molecule has 1 N–H and O–H groups in total. The fourth-order valence-electron chi connectivity index (χ4n) is 3.63. The van der Waals surface area contributed by atoms with E-state index in [0.717, 1.165) is 21.8 Å². The number of thiophene rings is 1. The number of para-hydroxylation sites is 1. The average molecular weight is 442 g/mol. The fraction of sp³-hybridized carbons (Fsp3) is 0.261. The van der Waals surface area contributed by atoms with Crippen molar-refractivity contribution in [1.82, 2.24) is 0 Å². The maximum Gasteiger partial charge on any atom is 0.225 e. The van der Waals surface area contributed by atoms with E-state index in [-0.39, 0.29) is 34.1 Å². The third-order valence-electron chi connectivity index (χ3n) is 5.03. The Morgan fingerprint density at radius 2 is 1.80 bits per heavy atom. The minimum Gasteiger partial charge on any atom is -0.491 e. The van der Waals surface area contributed by atoms with Gasteiger partial charge in [-0.1, -0.05) is 35.9 Å². The minimum atomic E-state index is -3.75. The van der Waals surface area contributed by atoms with E-state index in [9.17, 15) is 13.2 Å². The highest BCUT2D eigenvalue weighted by Crippen LogP contribution is 2.47. The highest BCUT2D eigenvalue weighted by atomic mass is 32.2. The van der Waals surface area contributed by atoms with E-state index in [2.05, 4.69) is 5.32 Å². The van der Waals surface area contributed by atoms with Gasteiger partial charge < -0.3 is 10.1 Å². The predicted molar refractivity (Wildman–Crippen MR) is 118 cm³/mol. The van der Waals surface area contributed by atoms with Crippen LogP contribution in [0.1, 0.15) is 42.2 Å². The number of benzene rings is 2. The second kappa shape index (κ2) is 7.89. The lowest BCUT2D eigenvalue weighted by Gasteiger charge is -2.26. The number of aryl methyl sites for hydroxylation is 1. The van der Waals surface area contributed by atoms with Gasteiger partial charge >= 0.3 is 0 Å². The Balaban J connectivity index is 1.81. The van der Waals surface area contributed by atoms with E-state index in [4.69, 9.17) is 4.74 Å². The van der Waals surface area contributed by atoms with Gasteiger partial charge in [0.05, 0.1) is 16.7 Å². The summed E-state index contributed by atoms with van der Waals surface area (Å²) >= 11 is 1.36. The van der Waals surface area contributed by atoms with Crippen LogP contribution >= 0.6 is 11.3 Å². The Bertz CT molecular complexity index is 1190. The van der Waals surface area contributed by atoms with Crippen LogP contribution < -0.4 is 10.1 Å². The van der Waals surface area contributed by atoms with E-state index in [1.165, 1.54) is 11.3 Å². The van der Waals surface area contributed by atoms with Crippen molar-refractivity contribution in [2.75, 3.05) is 5.32 Å². The molecule has 0 spiro atoms. The quantitative estimate of drug-likeness (QED) is 0.594. The summed E-state index contributed by atoms with van der Waals surface area (Å²) in [6.07, 6.45) is 0.236. The zero-order valence-electron chi connectivity index (χ0n) is 17.0. The molecule has 1 atom stereocenters. The first-order chi connectivity index (χ1) is 14.3. The Labute approximate surface area is 180 Å². The largest absolute Gasteiger partial charge is 0.491 e. The lowest BCUT2D eigenvalue weighted by atomic mass is 9.90. The van der Waals surface area contributed by atoms with Crippen LogP contribution in [0.4, 0.5) is 5.69 Å². The molecule has 1 unspecified atom stereocenters. The van der Waals surface area contributed by atoms with Gasteiger partial charge in [0, 0.05) is 28.2 Å². The maximum atomic E-state index is 13.3. The summed E-state index contributed by atoms with van der Waals surface area (Å²) in [4.78, 5) is 13.8. The van der Waals surface area contributed by atoms with E-state index < -0.39 is 9.84 Å². The Morgan fingerprint density at radius 3 is 2.50 bits per heavy atom. The summed E-state index contributed by atoms with van der Waals surface area (Å²) < 4.78 is 32.5. The van der Waals surface area contributed by atoms with Crippen molar-refractivity contribution in [1.29, 1.82) is 0 Å². The number of amides is 1. The first-order valence-corrected chi connectivity index (χ1v) is 12.1. The fourth-order valence-corrected chi connectivity index (χ4v) is 6.53. The molecule has 0 aliphatic carbocycles. The van der Waals surface area contributed by atoms with Crippen LogP contribution in [-0.4, -0.2) is 20.4 Å². The first kappa shape index (κ1) is 20.6. The molecular formula is C23H23NO4S2. The third kappa shape index (κ3) is 3.75. The Morgan fingerprint density at radius 1 is 1.10 bits per heavy atom. The minimum absolute atomic E-state index is 0.0103. The van der Waals surface area contributed by atoms with Crippen LogP contribution in [0.5, 0.6) is 5.75 Å². The molecule has 0 radical (unpaired) electrons. The van der Waals surface area contributed by atoms with E-state index in [0.29, 0.717) is 5.69 Å². The monoisotopic (exact) mass is 441 g/mol. The number of carbonyl (C=O) groups excluding carboxylic acids is 1. The molecule has 3 aromatic rings. The van der Waals surface area contributed by atoms with Crippen LogP contribution in [0.2, 0.25) is 0 Å². The molecular weight excluding hydrogens is 418 g/mol. The van der Waals surface area contributed by atoms with Crippen LogP contribution in [0.25, 0.3) is 0 Å².